The van der Waals surface area contributed by atoms with Crippen molar-refractivity contribution in [1.82, 2.24) is 10.2 Å². The third-order valence-electron chi connectivity index (χ3n) is 2.33. The Labute approximate surface area is 91.8 Å². The number of nitrogens with zero attached hydrogens (tertiary/aromatic N) is 1. The summed E-state index contributed by atoms with van der Waals surface area (Å²) < 4.78 is 0. The lowest BCUT2D eigenvalue weighted by Crippen LogP contribution is -1.90. The number of H-pyrrole nitrogens is 1. The first kappa shape index (κ1) is 10.1. The summed E-state index contributed by atoms with van der Waals surface area (Å²) in [6, 6.07) is 4.21. The Morgan fingerprint density at radius 3 is 2.27 bits per heavy atom. The molecule has 1 heterocycles. The van der Waals surface area contributed by atoms with Crippen LogP contribution >= 0.6 is 11.3 Å². The Kier molecular flexibility index (Phi) is 2.44. The monoisotopic (exact) mass is 220 g/mol. The van der Waals surface area contributed by atoms with E-state index in [2.05, 4.69) is 29.3 Å². The number of rotatable bonds is 1. The molecular formula is C11H12N2OS. The zero-order valence-electron chi connectivity index (χ0n) is 8.92. The minimum atomic E-state index is -0.107. The molecule has 0 radical (unpaired) electrons. The summed E-state index contributed by atoms with van der Waals surface area (Å²) >= 11 is 1.15. The fraction of sp³-hybridized carbons (Fsp3) is 0.273. The van der Waals surface area contributed by atoms with E-state index in [1.807, 2.05) is 13.8 Å². The van der Waals surface area contributed by atoms with Crippen LogP contribution < -0.4 is 4.87 Å². The molecule has 2 rings (SSSR count). The van der Waals surface area contributed by atoms with Gasteiger partial charge >= 0.3 is 4.87 Å². The SMILES string of the molecule is Cc1cc(C)c(-c2n[nH]c(=O)s2)c(C)c1. The molecule has 2 aromatic rings. The van der Waals surface area contributed by atoms with Crippen molar-refractivity contribution in [2.45, 2.75) is 20.8 Å². The molecule has 3 nitrogen and oxygen atoms in total. The first-order valence-corrected chi connectivity index (χ1v) is 5.53. The van der Waals surface area contributed by atoms with E-state index in [1.54, 1.807) is 0 Å². The van der Waals surface area contributed by atoms with Gasteiger partial charge in [0, 0.05) is 5.56 Å². The summed E-state index contributed by atoms with van der Waals surface area (Å²) in [4.78, 5) is 10.9. The summed E-state index contributed by atoms with van der Waals surface area (Å²) in [6.45, 7) is 6.15. The predicted octanol–water partition coefficient (Wildman–Crippen LogP) is 2.42. The molecule has 0 fully saturated rings. The smallest absolute Gasteiger partial charge is 0.255 e. The maximum absolute atomic E-state index is 11.1. The minimum absolute atomic E-state index is 0.107. The maximum Gasteiger partial charge on any atom is 0.322 e. The summed E-state index contributed by atoms with van der Waals surface area (Å²) in [5, 5.41) is 7.24. The van der Waals surface area contributed by atoms with Gasteiger partial charge in [0.05, 0.1) is 0 Å². The molecule has 0 saturated carbocycles. The fourth-order valence-electron chi connectivity index (χ4n) is 1.85. The lowest BCUT2D eigenvalue weighted by Gasteiger charge is -2.07. The molecule has 0 atom stereocenters. The van der Waals surface area contributed by atoms with Gasteiger partial charge in [-0.2, -0.15) is 5.10 Å². The van der Waals surface area contributed by atoms with Crippen LogP contribution in [0.3, 0.4) is 0 Å². The highest BCUT2D eigenvalue weighted by atomic mass is 32.1. The third-order valence-corrected chi connectivity index (χ3v) is 3.09. The first-order valence-electron chi connectivity index (χ1n) is 4.71. The molecule has 0 aliphatic heterocycles. The number of aromatic nitrogens is 2. The van der Waals surface area contributed by atoms with Gasteiger partial charge < -0.3 is 0 Å². The molecule has 0 unspecified atom stereocenters. The Morgan fingerprint density at radius 2 is 1.80 bits per heavy atom. The standard InChI is InChI=1S/C11H12N2OS/c1-6-4-7(2)9(8(3)5-6)10-12-13-11(14)15-10/h4-5H,1-3H3,(H,13,14). The quantitative estimate of drug-likeness (QED) is 0.802. The number of benzene rings is 1. The zero-order valence-corrected chi connectivity index (χ0v) is 9.73. The molecule has 1 aromatic carbocycles. The normalized spacial score (nSPS) is 10.6. The van der Waals surface area contributed by atoms with Crippen LogP contribution in [0.5, 0.6) is 0 Å². The first-order chi connectivity index (χ1) is 7.08. The van der Waals surface area contributed by atoms with E-state index in [0.717, 1.165) is 33.0 Å². The topological polar surface area (TPSA) is 45.8 Å². The second-order valence-electron chi connectivity index (χ2n) is 3.69. The lowest BCUT2D eigenvalue weighted by atomic mass is 10.0. The molecule has 15 heavy (non-hydrogen) atoms. The highest BCUT2D eigenvalue weighted by Crippen LogP contribution is 2.27. The lowest BCUT2D eigenvalue weighted by molar-refractivity contribution is 1.06. The molecule has 0 amide bonds. The van der Waals surface area contributed by atoms with Crippen LogP contribution in [-0.2, 0) is 0 Å². The van der Waals surface area contributed by atoms with Crippen molar-refractivity contribution >= 4 is 11.3 Å². The van der Waals surface area contributed by atoms with E-state index >= 15 is 0 Å². The average molecular weight is 220 g/mol. The van der Waals surface area contributed by atoms with Gasteiger partial charge in [0.15, 0.2) is 0 Å². The van der Waals surface area contributed by atoms with Gasteiger partial charge in [-0.1, -0.05) is 29.0 Å². The average Bonchev–Trinajstić information content (AvgIpc) is 2.49. The van der Waals surface area contributed by atoms with E-state index in [1.165, 1.54) is 5.56 Å². The van der Waals surface area contributed by atoms with Crippen molar-refractivity contribution in [2.75, 3.05) is 0 Å². The molecule has 0 aliphatic carbocycles. The summed E-state index contributed by atoms with van der Waals surface area (Å²) in [5.74, 6) is 0. The van der Waals surface area contributed by atoms with Gasteiger partial charge in [-0.25, -0.2) is 5.10 Å². The molecule has 0 saturated heterocycles. The van der Waals surface area contributed by atoms with Crippen LogP contribution in [-0.4, -0.2) is 10.2 Å². The van der Waals surface area contributed by atoms with Gasteiger partial charge in [0.2, 0.25) is 0 Å². The van der Waals surface area contributed by atoms with E-state index < -0.39 is 0 Å². The predicted molar refractivity (Wildman–Crippen MR) is 62.4 cm³/mol. The summed E-state index contributed by atoms with van der Waals surface area (Å²) in [7, 11) is 0. The van der Waals surface area contributed by atoms with E-state index in [4.69, 9.17) is 0 Å². The van der Waals surface area contributed by atoms with Crippen LogP contribution in [0.25, 0.3) is 10.6 Å². The van der Waals surface area contributed by atoms with E-state index in [-0.39, 0.29) is 4.87 Å². The molecule has 0 aliphatic rings. The van der Waals surface area contributed by atoms with Crippen LogP contribution in [0.2, 0.25) is 0 Å². The molecule has 0 bridgehead atoms. The van der Waals surface area contributed by atoms with E-state index in [0.29, 0.717) is 0 Å². The number of nitrogens with one attached hydrogen (secondary N) is 1. The number of aryl methyl sites for hydroxylation is 3. The Hall–Kier alpha value is -1.42. The highest BCUT2D eigenvalue weighted by Gasteiger charge is 2.10. The van der Waals surface area contributed by atoms with Gasteiger partial charge in [0.1, 0.15) is 5.01 Å². The van der Waals surface area contributed by atoms with Crippen molar-refractivity contribution in [1.29, 1.82) is 0 Å². The van der Waals surface area contributed by atoms with Crippen molar-refractivity contribution in [3.63, 3.8) is 0 Å². The largest absolute Gasteiger partial charge is 0.322 e. The summed E-state index contributed by atoms with van der Waals surface area (Å²) in [5.41, 5.74) is 4.63. The van der Waals surface area contributed by atoms with Gasteiger partial charge in [-0.15, -0.1) is 0 Å². The van der Waals surface area contributed by atoms with Gasteiger partial charge in [0.25, 0.3) is 0 Å². The molecule has 1 aromatic heterocycles. The number of hydrogen-bond donors (Lipinski definition) is 1. The van der Waals surface area contributed by atoms with Crippen molar-refractivity contribution < 1.29 is 0 Å². The minimum Gasteiger partial charge on any atom is -0.255 e. The molecule has 1 N–H and O–H groups in total. The second kappa shape index (κ2) is 3.62. The molecule has 78 valence electrons. The molecular weight excluding hydrogens is 208 g/mol. The van der Waals surface area contributed by atoms with Crippen molar-refractivity contribution in [2.24, 2.45) is 0 Å². The van der Waals surface area contributed by atoms with Crippen LogP contribution in [0.15, 0.2) is 16.9 Å². The molecule has 0 spiro atoms. The number of hydrogen-bond acceptors (Lipinski definition) is 3. The number of aromatic amines is 1. The Bertz CT molecular complexity index is 531. The zero-order chi connectivity index (χ0) is 11.0. The molecule has 4 heteroatoms. The highest BCUT2D eigenvalue weighted by molar-refractivity contribution is 7.12. The van der Waals surface area contributed by atoms with Gasteiger partial charge in [-0.05, 0) is 31.9 Å². The Balaban J connectivity index is 2.67. The second-order valence-corrected chi connectivity index (χ2v) is 4.65. The van der Waals surface area contributed by atoms with Crippen molar-refractivity contribution in [3.05, 3.63) is 38.5 Å². The van der Waals surface area contributed by atoms with E-state index in [9.17, 15) is 4.79 Å². The van der Waals surface area contributed by atoms with Crippen LogP contribution in [0.1, 0.15) is 16.7 Å². The van der Waals surface area contributed by atoms with Gasteiger partial charge in [-0.3, -0.25) is 4.79 Å². The summed E-state index contributed by atoms with van der Waals surface area (Å²) in [6.07, 6.45) is 0. The van der Waals surface area contributed by atoms with Crippen LogP contribution in [0, 0.1) is 20.8 Å². The Morgan fingerprint density at radius 1 is 1.20 bits per heavy atom. The maximum atomic E-state index is 11.1. The van der Waals surface area contributed by atoms with Crippen LogP contribution in [0.4, 0.5) is 0 Å². The fourth-order valence-corrected chi connectivity index (χ4v) is 2.64. The third kappa shape index (κ3) is 1.85. The van der Waals surface area contributed by atoms with Crippen molar-refractivity contribution in [3.8, 4) is 10.6 Å².